The molecule has 0 aliphatic carbocycles. The fourth-order valence-corrected chi connectivity index (χ4v) is 2.95. The highest BCUT2D eigenvalue weighted by Crippen LogP contribution is 2.28. The topological polar surface area (TPSA) is 84.8 Å². The molecule has 1 aliphatic rings. The van der Waals surface area contributed by atoms with Crippen LogP contribution >= 0.6 is 0 Å². The minimum atomic E-state index is -1.13. The summed E-state index contributed by atoms with van der Waals surface area (Å²) >= 11 is 0. The van der Waals surface area contributed by atoms with Gasteiger partial charge in [0.05, 0.1) is 5.69 Å². The number of nitrogens with zero attached hydrogens (tertiary/aromatic N) is 1. The Morgan fingerprint density at radius 3 is 2.22 bits per heavy atom. The smallest absolute Gasteiger partial charge is 0.229 e. The lowest BCUT2D eigenvalue weighted by molar-refractivity contribution is -0.116. The summed E-state index contributed by atoms with van der Waals surface area (Å²) in [5.41, 5.74) is 3.41. The van der Waals surface area contributed by atoms with E-state index >= 15 is 0 Å². The number of carbonyl (C=O) groups excluding carboxylic acids is 1. The standard InChI is InChI=1S/C17H25N3O3/c1-9(2)14-15(18-17(23)19-16(14)22)20(12(5)21)13-7-10(3)6-11(4)8-13/h6-9,16-19,22-23H,1-5H3. The van der Waals surface area contributed by atoms with Crippen molar-refractivity contribution in [2.75, 3.05) is 4.90 Å². The molecule has 2 rings (SSSR count). The van der Waals surface area contributed by atoms with Crippen molar-refractivity contribution in [1.82, 2.24) is 10.6 Å². The van der Waals surface area contributed by atoms with Crippen LogP contribution < -0.4 is 15.5 Å². The Morgan fingerprint density at radius 2 is 1.74 bits per heavy atom. The number of hydrogen-bond acceptors (Lipinski definition) is 5. The van der Waals surface area contributed by atoms with Crippen LogP contribution in [-0.2, 0) is 4.79 Å². The zero-order valence-electron chi connectivity index (χ0n) is 14.2. The number of rotatable bonds is 3. The van der Waals surface area contributed by atoms with Gasteiger partial charge in [-0.3, -0.25) is 9.69 Å². The molecular formula is C17H25N3O3. The van der Waals surface area contributed by atoms with Crippen LogP contribution in [0.1, 0.15) is 31.9 Å². The van der Waals surface area contributed by atoms with Crippen LogP contribution in [0.4, 0.5) is 5.69 Å². The number of aliphatic hydroxyl groups excluding tert-OH is 2. The molecule has 0 aromatic heterocycles. The van der Waals surface area contributed by atoms with E-state index in [9.17, 15) is 15.0 Å². The van der Waals surface area contributed by atoms with E-state index in [4.69, 9.17) is 0 Å². The zero-order chi connectivity index (χ0) is 17.3. The van der Waals surface area contributed by atoms with E-state index in [0.717, 1.165) is 11.1 Å². The molecule has 1 aromatic rings. The van der Waals surface area contributed by atoms with Gasteiger partial charge in [0.25, 0.3) is 0 Å². The normalized spacial score (nSPS) is 21.4. The van der Waals surface area contributed by atoms with Crippen molar-refractivity contribution < 1.29 is 15.0 Å². The summed E-state index contributed by atoms with van der Waals surface area (Å²) in [6.07, 6.45) is -2.15. The van der Waals surface area contributed by atoms with E-state index in [0.29, 0.717) is 17.1 Å². The van der Waals surface area contributed by atoms with Gasteiger partial charge in [0.15, 0.2) is 6.35 Å². The van der Waals surface area contributed by atoms with Crippen molar-refractivity contribution in [3.05, 3.63) is 40.7 Å². The van der Waals surface area contributed by atoms with Gasteiger partial charge in [0.2, 0.25) is 5.91 Å². The molecule has 0 bridgehead atoms. The summed E-state index contributed by atoms with van der Waals surface area (Å²) in [6.45, 7) is 9.25. The quantitative estimate of drug-likeness (QED) is 0.675. The van der Waals surface area contributed by atoms with Crippen LogP contribution in [0.25, 0.3) is 0 Å². The predicted molar refractivity (Wildman–Crippen MR) is 89.2 cm³/mol. The molecule has 0 spiro atoms. The zero-order valence-corrected chi connectivity index (χ0v) is 14.2. The fourth-order valence-electron chi connectivity index (χ4n) is 2.95. The number of hydrogen-bond donors (Lipinski definition) is 4. The maximum Gasteiger partial charge on any atom is 0.229 e. The predicted octanol–water partition coefficient (Wildman–Crippen LogP) is 1.31. The van der Waals surface area contributed by atoms with Gasteiger partial charge in [-0.2, -0.15) is 0 Å². The van der Waals surface area contributed by atoms with E-state index in [-0.39, 0.29) is 11.8 Å². The van der Waals surface area contributed by atoms with E-state index in [2.05, 4.69) is 10.6 Å². The first-order valence-corrected chi connectivity index (χ1v) is 7.72. The first kappa shape index (κ1) is 17.5. The Morgan fingerprint density at radius 1 is 1.17 bits per heavy atom. The van der Waals surface area contributed by atoms with Crippen molar-refractivity contribution in [1.29, 1.82) is 0 Å². The van der Waals surface area contributed by atoms with Gasteiger partial charge in [0, 0.05) is 12.5 Å². The summed E-state index contributed by atoms with van der Waals surface area (Å²) < 4.78 is 0. The van der Waals surface area contributed by atoms with Crippen LogP contribution in [0.5, 0.6) is 0 Å². The largest absolute Gasteiger partial charge is 0.374 e. The summed E-state index contributed by atoms with van der Waals surface area (Å²) in [5.74, 6) is 0.216. The summed E-state index contributed by atoms with van der Waals surface area (Å²) in [7, 11) is 0. The lowest BCUT2D eigenvalue weighted by Gasteiger charge is -2.37. The molecule has 0 saturated heterocycles. The molecule has 4 N–H and O–H groups in total. The second-order valence-corrected chi connectivity index (χ2v) is 6.28. The second-order valence-electron chi connectivity index (χ2n) is 6.28. The number of anilines is 1. The molecule has 1 aliphatic heterocycles. The highest BCUT2D eigenvalue weighted by molar-refractivity contribution is 5.95. The lowest BCUT2D eigenvalue weighted by atomic mass is 9.99. The van der Waals surface area contributed by atoms with Gasteiger partial charge in [-0.15, -0.1) is 0 Å². The SMILES string of the molecule is CC(=O)N(C1=C(C(C)C)C(O)NC(O)N1)c1cc(C)cc(C)c1. The third-order valence-electron chi connectivity index (χ3n) is 3.78. The first-order valence-electron chi connectivity index (χ1n) is 7.72. The average Bonchev–Trinajstić information content (AvgIpc) is 2.35. The molecule has 2 unspecified atom stereocenters. The van der Waals surface area contributed by atoms with E-state index in [1.165, 1.54) is 11.8 Å². The van der Waals surface area contributed by atoms with Gasteiger partial charge in [-0.05, 0) is 43.0 Å². The lowest BCUT2D eigenvalue weighted by Crippen LogP contribution is -2.57. The Kier molecular flexibility index (Phi) is 5.09. The number of nitrogens with one attached hydrogen (secondary N) is 2. The Labute approximate surface area is 136 Å². The number of aryl methyl sites for hydroxylation is 2. The Bertz CT molecular complexity index is 620. The maximum atomic E-state index is 12.3. The molecule has 0 radical (unpaired) electrons. The molecule has 1 amide bonds. The number of amides is 1. The first-order chi connectivity index (χ1) is 10.7. The van der Waals surface area contributed by atoms with E-state index in [1.807, 2.05) is 45.9 Å². The molecule has 0 fully saturated rings. The minimum Gasteiger partial charge on any atom is -0.374 e. The van der Waals surface area contributed by atoms with Crippen molar-refractivity contribution in [2.45, 2.75) is 47.2 Å². The maximum absolute atomic E-state index is 12.3. The van der Waals surface area contributed by atoms with Crippen LogP contribution in [0.2, 0.25) is 0 Å². The number of aliphatic hydroxyl groups is 2. The average molecular weight is 319 g/mol. The van der Waals surface area contributed by atoms with Crippen molar-refractivity contribution in [2.24, 2.45) is 5.92 Å². The van der Waals surface area contributed by atoms with Crippen LogP contribution in [-0.4, -0.2) is 28.7 Å². The van der Waals surface area contributed by atoms with Crippen molar-refractivity contribution in [3.8, 4) is 0 Å². The highest BCUT2D eigenvalue weighted by Gasteiger charge is 2.32. The third kappa shape index (κ3) is 3.72. The molecule has 23 heavy (non-hydrogen) atoms. The summed E-state index contributed by atoms with van der Waals surface area (Å²) in [4.78, 5) is 13.8. The second kappa shape index (κ2) is 6.70. The van der Waals surface area contributed by atoms with Gasteiger partial charge < -0.3 is 15.5 Å². The van der Waals surface area contributed by atoms with E-state index in [1.54, 1.807) is 0 Å². The van der Waals surface area contributed by atoms with Gasteiger partial charge >= 0.3 is 0 Å². The van der Waals surface area contributed by atoms with Crippen LogP contribution in [0, 0.1) is 19.8 Å². The van der Waals surface area contributed by atoms with Gasteiger partial charge in [-0.1, -0.05) is 19.9 Å². The molecule has 1 heterocycles. The number of carbonyl (C=O) groups is 1. The molecule has 2 atom stereocenters. The van der Waals surface area contributed by atoms with Crippen LogP contribution in [0.3, 0.4) is 0 Å². The summed E-state index contributed by atoms with van der Waals surface area (Å²) in [6, 6.07) is 5.84. The fraction of sp³-hybridized carbons (Fsp3) is 0.471. The van der Waals surface area contributed by atoms with E-state index < -0.39 is 12.6 Å². The minimum absolute atomic E-state index is 0.0137. The highest BCUT2D eigenvalue weighted by atomic mass is 16.3. The number of benzene rings is 1. The monoisotopic (exact) mass is 319 g/mol. The Hall–Kier alpha value is -1.89. The third-order valence-corrected chi connectivity index (χ3v) is 3.78. The van der Waals surface area contributed by atoms with Crippen molar-refractivity contribution >= 4 is 11.6 Å². The molecule has 126 valence electrons. The van der Waals surface area contributed by atoms with Crippen LogP contribution in [0.15, 0.2) is 29.6 Å². The molecule has 1 aromatic carbocycles. The molecular weight excluding hydrogens is 294 g/mol. The molecule has 6 nitrogen and oxygen atoms in total. The molecule has 6 heteroatoms. The van der Waals surface area contributed by atoms with Crippen molar-refractivity contribution in [3.63, 3.8) is 0 Å². The molecule has 0 saturated carbocycles. The summed E-state index contributed by atoms with van der Waals surface area (Å²) in [5, 5.41) is 25.6. The van der Waals surface area contributed by atoms with Gasteiger partial charge in [-0.25, -0.2) is 5.32 Å². The van der Waals surface area contributed by atoms with Gasteiger partial charge in [0.1, 0.15) is 12.0 Å². The Balaban J connectivity index is 2.62.